The van der Waals surface area contributed by atoms with Gasteiger partial charge in [-0.3, -0.25) is 9.59 Å². The van der Waals surface area contributed by atoms with Crippen LogP contribution in [0.5, 0.6) is 5.75 Å². The van der Waals surface area contributed by atoms with Gasteiger partial charge in [0.2, 0.25) is 5.91 Å². The van der Waals surface area contributed by atoms with Crippen LogP contribution in [0.15, 0.2) is 36.4 Å². The van der Waals surface area contributed by atoms with Crippen molar-refractivity contribution in [2.45, 2.75) is 101 Å². The zero-order valence-corrected chi connectivity index (χ0v) is 28.2. The van der Waals surface area contributed by atoms with Gasteiger partial charge in [0, 0.05) is 60.7 Å². The van der Waals surface area contributed by atoms with Gasteiger partial charge in [0.1, 0.15) is 5.75 Å². The Kier molecular flexibility index (Phi) is 7.27. The number of benzene rings is 2. The van der Waals surface area contributed by atoms with Gasteiger partial charge in [0.15, 0.2) is 0 Å². The number of rotatable bonds is 6. The van der Waals surface area contributed by atoms with E-state index >= 15 is 0 Å². The van der Waals surface area contributed by atoms with Crippen molar-refractivity contribution in [3.8, 4) is 17.0 Å². The van der Waals surface area contributed by atoms with Gasteiger partial charge in [-0.15, -0.1) is 0 Å². The van der Waals surface area contributed by atoms with Crippen molar-refractivity contribution < 1.29 is 27.9 Å². The molecule has 3 aliphatic heterocycles. The maximum atomic E-state index is 14.9. The number of carbonyl (C=O) groups excluding carboxylic acids is 2. The van der Waals surface area contributed by atoms with E-state index in [0.717, 1.165) is 82.7 Å². The van der Waals surface area contributed by atoms with Gasteiger partial charge in [-0.25, -0.2) is 4.72 Å². The van der Waals surface area contributed by atoms with Crippen LogP contribution in [-0.2, 0) is 21.5 Å². The van der Waals surface area contributed by atoms with Crippen molar-refractivity contribution in [1.29, 1.82) is 0 Å². The zero-order chi connectivity index (χ0) is 32.8. The quantitative estimate of drug-likeness (QED) is 0.388. The Balaban J connectivity index is 1.32. The lowest BCUT2D eigenvalue weighted by Gasteiger charge is -2.39. The van der Waals surface area contributed by atoms with E-state index in [1.807, 2.05) is 18.2 Å². The van der Waals surface area contributed by atoms with E-state index in [1.54, 1.807) is 13.2 Å². The molecule has 2 bridgehead atoms. The number of methoxy groups -OCH3 is 1. The van der Waals surface area contributed by atoms with Crippen LogP contribution in [-0.4, -0.2) is 78.5 Å². The van der Waals surface area contributed by atoms with E-state index in [9.17, 15) is 23.1 Å². The summed E-state index contributed by atoms with van der Waals surface area (Å²) in [5.74, 6) is 0.621. The highest BCUT2D eigenvalue weighted by molar-refractivity contribution is 7.87. The molecule has 250 valence electrons. The fourth-order valence-electron chi connectivity index (χ4n) is 9.43. The molecule has 11 heteroatoms. The van der Waals surface area contributed by atoms with Crippen LogP contribution in [0.2, 0.25) is 0 Å². The molecule has 4 heterocycles. The number of fused-ring (bicyclic) bond motifs is 9. The summed E-state index contributed by atoms with van der Waals surface area (Å²) in [6.07, 6.45) is 9.17. The Morgan fingerprint density at radius 2 is 1.72 bits per heavy atom. The fourth-order valence-corrected chi connectivity index (χ4v) is 9.96. The SMILES string of the molecule is COc1ccc2c(c1)C1CC1(C(=O)N1C3CCC1CC(O)C3)Cn1c-2c(C2CCCCC2)c2ccc(C(=O)NS(=O)(=O)N(C)C)cc21. The van der Waals surface area contributed by atoms with Gasteiger partial charge in [0.25, 0.3) is 5.91 Å². The molecule has 47 heavy (non-hydrogen) atoms. The van der Waals surface area contributed by atoms with Gasteiger partial charge >= 0.3 is 10.2 Å². The predicted molar refractivity (Wildman–Crippen MR) is 179 cm³/mol. The molecule has 2 aliphatic carbocycles. The zero-order valence-electron chi connectivity index (χ0n) is 27.4. The molecule has 2 aromatic carbocycles. The molecule has 4 atom stereocenters. The summed E-state index contributed by atoms with van der Waals surface area (Å²) < 4.78 is 36.3. The van der Waals surface area contributed by atoms with Crippen molar-refractivity contribution in [1.82, 2.24) is 18.5 Å². The summed E-state index contributed by atoms with van der Waals surface area (Å²) in [6, 6.07) is 11.9. The van der Waals surface area contributed by atoms with Crippen LogP contribution in [0.4, 0.5) is 0 Å². The molecule has 10 nitrogen and oxygen atoms in total. The summed E-state index contributed by atoms with van der Waals surface area (Å²) in [5, 5.41) is 11.6. The first-order valence-corrected chi connectivity index (χ1v) is 18.6. The van der Waals surface area contributed by atoms with E-state index in [2.05, 4.69) is 26.3 Å². The minimum Gasteiger partial charge on any atom is -0.497 e. The average Bonchev–Trinajstić information content (AvgIpc) is 3.64. The van der Waals surface area contributed by atoms with Gasteiger partial charge in [0.05, 0.1) is 24.3 Å². The molecule has 2 saturated carbocycles. The minimum atomic E-state index is -3.98. The van der Waals surface area contributed by atoms with Crippen LogP contribution in [0.3, 0.4) is 0 Å². The Labute approximate surface area is 276 Å². The largest absolute Gasteiger partial charge is 0.497 e. The van der Waals surface area contributed by atoms with Gasteiger partial charge < -0.3 is 19.3 Å². The van der Waals surface area contributed by atoms with Gasteiger partial charge in [-0.2, -0.15) is 12.7 Å². The Morgan fingerprint density at radius 1 is 1.00 bits per heavy atom. The molecule has 5 aliphatic rings. The number of aromatic nitrogens is 1. The predicted octanol–water partition coefficient (Wildman–Crippen LogP) is 4.90. The van der Waals surface area contributed by atoms with Gasteiger partial charge in [-0.05, 0) is 92.3 Å². The lowest BCUT2D eigenvalue weighted by molar-refractivity contribution is -0.144. The number of aliphatic hydroxyl groups excluding tert-OH is 1. The molecule has 2 N–H and O–H groups in total. The number of hydrogen-bond donors (Lipinski definition) is 2. The second-order valence-electron chi connectivity index (χ2n) is 14.7. The van der Waals surface area contributed by atoms with Crippen LogP contribution < -0.4 is 9.46 Å². The van der Waals surface area contributed by atoms with Gasteiger partial charge in [-0.1, -0.05) is 25.3 Å². The second kappa shape index (κ2) is 11.1. The van der Waals surface area contributed by atoms with Crippen molar-refractivity contribution in [2.24, 2.45) is 5.41 Å². The number of aliphatic hydroxyl groups is 1. The molecule has 8 rings (SSSR count). The Morgan fingerprint density at radius 3 is 2.40 bits per heavy atom. The first-order chi connectivity index (χ1) is 22.5. The molecular weight excluding hydrogens is 616 g/mol. The van der Waals surface area contributed by atoms with Crippen molar-refractivity contribution in [3.05, 3.63) is 53.1 Å². The van der Waals surface area contributed by atoms with Crippen molar-refractivity contribution >= 4 is 32.9 Å². The molecule has 0 radical (unpaired) electrons. The molecule has 4 unspecified atom stereocenters. The van der Waals surface area contributed by atoms with Crippen LogP contribution in [0.1, 0.15) is 97.5 Å². The molecule has 2 saturated heterocycles. The van der Waals surface area contributed by atoms with Crippen molar-refractivity contribution in [3.63, 3.8) is 0 Å². The highest BCUT2D eigenvalue weighted by Crippen LogP contribution is 2.67. The molecule has 0 spiro atoms. The third kappa shape index (κ3) is 4.83. The number of piperidine rings is 1. The lowest BCUT2D eigenvalue weighted by Crippen LogP contribution is -2.51. The Hall–Kier alpha value is -3.41. The van der Waals surface area contributed by atoms with E-state index in [1.165, 1.54) is 26.1 Å². The van der Waals surface area contributed by atoms with E-state index < -0.39 is 21.5 Å². The standard InChI is InChI=1S/C36H44N4O6S/c1-38(2)47(44,45)37-34(42)22-9-13-28-31(15-22)39-20-36(35(43)40-23-10-11-24(40)17-25(41)16-23)19-30(36)29-18-26(46-3)12-14-27(29)33(39)32(28)21-7-5-4-6-8-21/h9,12-15,18,21,23-25,30,41H,4-8,10-11,16-17,19-20H2,1-3H3,(H,37,42). The number of amides is 2. The Bertz CT molecular complexity index is 1880. The maximum absolute atomic E-state index is 14.9. The lowest BCUT2D eigenvalue weighted by atomic mass is 9.81. The fraction of sp³-hybridized carbons (Fsp3) is 0.556. The first kappa shape index (κ1) is 30.9. The first-order valence-electron chi connectivity index (χ1n) is 17.1. The third-order valence-electron chi connectivity index (χ3n) is 11.9. The third-order valence-corrected chi connectivity index (χ3v) is 13.3. The van der Waals surface area contributed by atoms with Crippen molar-refractivity contribution in [2.75, 3.05) is 21.2 Å². The van der Waals surface area contributed by atoms with Crippen LogP contribution >= 0.6 is 0 Å². The second-order valence-corrected chi connectivity index (χ2v) is 16.6. The van der Waals surface area contributed by atoms with E-state index in [-0.39, 0.29) is 35.6 Å². The molecule has 3 aromatic rings. The summed E-state index contributed by atoms with van der Waals surface area (Å²) >= 11 is 0. The molecular formula is C36H44N4O6S. The summed E-state index contributed by atoms with van der Waals surface area (Å²) in [6.45, 7) is 0.478. The minimum absolute atomic E-state index is 0.0252. The molecule has 1 aromatic heterocycles. The monoisotopic (exact) mass is 660 g/mol. The van der Waals surface area contributed by atoms with Crippen LogP contribution in [0.25, 0.3) is 22.2 Å². The highest BCUT2D eigenvalue weighted by Gasteiger charge is 2.65. The normalized spacial score (nSPS) is 28.4. The highest BCUT2D eigenvalue weighted by atomic mass is 32.2. The van der Waals surface area contributed by atoms with E-state index in [0.29, 0.717) is 25.3 Å². The number of carbonyl (C=O) groups is 2. The smallest absolute Gasteiger partial charge is 0.303 e. The molecule has 4 fully saturated rings. The summed E-state index contributed by atoms with van der Waals surface area (Å²) in [4.78, 5) is 30.4. The number of ether oxygens (including phenoxy) is 1. The van der Waals surface area contributed by atoms with E-state index in [4.69, 9.17) is 4.74 Å². The maximum Gasteiger partial charge on any atom is 0.303 e. The summed E-state index contributed by atoms with van der Waals surface area (Å²) in [7, 11) is 0.460. The van der Waals surface area contributed by atoms with Crippen LogP contribution in [0, 0.1) is 5.41 Å². The summed E-state index contributed by atoms with van der Waals surface area (Å²) in [5.41, 5.74) is 5.08. The number of hydrogen-bond acceptors (Lipinski definition) is 6. The topological polar surface area (TPSA) is 121 Å². The number of nitrogens with one attached hydrogen (secondary N) is 1. The number of nitrogens with zero attached hydrogens (tertiary/aromatic N) is 3. The average molecular weight is 661 g/mol. The molecule has 2 amide bonds.